The molecule has 0 atom stereocenters. The molecule has 3 rings (SSSR count). The third-order valence-corrected chi connectivity index (χ3v) is 5.27. The molecule has 0 fully saturated rings. The van der Waals surface area contributed by atoms with Crippen molar-refractivity contribution in [1.29, 1.82) is 0 Å². The van der Waals surface area contributed by atoms with Crippen molar-refractivity contribution in [1.82, 2.24) is 25.6 Å². The van der Waals surface area contributed by atoms with E-state index in [2.05, 4.69) is 15.4 Å². The summed E-state index contributed by atoms with van der Waals surface area (Å²) in [6, 6.07) is 10.6. The van der Waals surface area contributed by atoms with Gasteiger partial charge in [0, 0.05) is 24.6 Å². The Balaban J connectivity index is 1.97. The second kappa shape index (κ2) is 12.4. The highest BCUT2D eigenvalue weighted by Crippen LogP contribution is 2.41. The average molecular weight is 500 g/mol. The molecule has 0 aliphatic rings. The van der Waals surface area contributed by atoms with Crippen molar-refractivity contribution in [3.63, 3.8) is 0 Å². The quantitative estimate of drug-likeness (QED) is 0.194. The van der Waals surface area contributed by atoms with E-state index in [-0.39, 0.29) is 12.2 Å². The minimum absolute atomic E-state index is 0.0466. The summed E-state index contributed by atoms with van der Waals surface area (Å²) < 4.78 is 23.2. The van der Waals surface area contributed by atoms with Gasteiger partial charge in [0.05, 0.1) is 34.1 Å². The third-order valence-electron chi connectivity index (χ3n) is 5.27. The smallest absolute Gasteiger partial charge is 0.290 e. The molecule has 2 aromatic carbocycles. The molecule has 3 N–H and O–H groups in total. The lowest BCUT2D eigenvalue weighted by Gasteiger charge is -2.14. The van der Waals surface area contributed by atoms with Gasteiger partial charge in [-0.2, -0.15) is 0 Å². The standard InChI is InChI=1S/C24H29N5O7/c1-33-17-9-7-8-16(14-17)29-23(15-12-18(34-2)21(36-4)19(13-15)35-3)26-22(27-29)24(31)25-11-6-5-10-20(30)28-32/h7-9,12-14,32H,5-6,10-11H2,1-4H3,(H,25,31)(H,28,30). The number of ether oxygens (including phenoxy) is 4. The maximum atomic E-state index is 12.8. The first-order chi connectivity index (χ1) is 17.4. The molecule has 0 bridgehead atoms. The van der Waals surface area contributed by atoms with Crippen LogP contribution in [0.5, 0.6) is 23.0 Å². The first-order valence-electron chi connectivity index (χ1n) is 11.1. The Morgan fingerprint density at radius 1 is 0.972 bits per heavy atom. The topological polar surface area (TPSA) is 146 Å². The van der Waals surface area contributed by atoms with Gasteiger partial charge >= 0.3 is 0 Å². The van der Waals surface area contributed by atoms with E-state index in [9.17, 15) is 9.59 Å². The first kappa shape index (κ1) is 26.3. The number of methoxy groups -OCH3 is 4. The maximum absolute atomic E-state index is 12.8. The summed E-state index contributed by atoms with van der Waals surface area (Å²) in [6.07, 6.45) is 1.19. The van der Waals surface area contributed by atoms with Gasteiger partial charge in [-0.3, -0.25) is 14.8 Å². The van der Waals surface area contributed by atoms with Crippen LogP contribution < -0.4 is 29.7 Å². The average Bonchev–Trinajstić information content (AvgIpc) is 3.37. The van der Waals surface area contributed by atoms with E-state index in [0.717, 1.165) is 0 Å². The lowest BCUT2D eigenvalue weighted by Crippen LogP contribution is -2.26. The number of nitrogens with one attached hydrogen (secondary N) is 2. The molecule has 0 saturated heterocycles. The number of hydrogen-bond acceptors (Lipinski definition) is 9. The van der Waals surface area contributed by atoms with E-state index in [1.807, 2.05) is 6.07 Å². The number of aromatic nitrogens is 3. The van der Waals surface area contributed by atoms with Crippen LogP contribution in [0.15, 0.2) is 36.4 Å². The highest BCUT2D eigenvalue weighted by molar-refractivity contribution is 5.91. The minimum atomic E-state index is -0.477. The van der Waals surface area contributed by atoms with Gasteiger partial charge in [-0.15, -0.1) is 5.10 Å². The van der Waals surface area contributed by atoms with Crippen LogP contribution in [0.2, 0.25) is 0 Å². The molecule has 36 heavy (non-hydrogen) atoms. The fourth-order valence-corrected chi connectivity index (χ4v) is 3.48. The fourth-order valence-electron chi connectivity index (χ4n) is 3.48. The van der Waals surface area contributed by atoms with Crippen LogP contribution >= 0.6 is 0 Å². The molecular weight excluding hydrogens is 470 g/mol. The highest BCUT2D eigenvalue weighted by Gasteiger charge is 2.22. The molecule has 0 aliphatic heterocycles. The molecule has 12 nitrogen and oxygen atoms in total. The minimum Gasteiger partial charge on any atom is -0.497 e. The van der Waals surface area contributed by atoms with Crippen LogP contribution in [0, 0.1) is 0 Å². The zero-order valence-corrected chi connectivity index (χ0v) is 20.5. The summed E-state index contributed by atoms with van der Waals surface area (Å²) in [5.74, 6) is 1.24. The second-order valence-electron chi connectivity index (χ2n) is 7.53. The van der Waals surface area contributed by atoms with E-state index >= 15 is 0 Å². The van der Waals surface area contributed by atoms with Gasteiger partial charge in [0.25, 0.3) is 5.91 Å². The Bertz CT molecular complexity index is 1190. The summed E-state index contributed by atoms with van der Waals surface area (Å²) in [6.45, 7) is 0.310. The lowest BCUT2D eigenvalue weighted by atomic mass is 10.1. The number of carbonyl (C=O) groups is 2. The molecule has 1 aromatic heterocycles. The molecule has 1 heterocycles. The molecule has 0 unspecified atom stereocenters. The zero-order valence-electron chi connectivity index (χ0n) is 20.5. The molecule has 0 aliphatic carbocycles. The van der Waals surface area contributed by atoms with Crippen LogP contribution in [-0.4, -0.2) is 66.8 Å². The lowest BCUT2D eigenvalue weighted by molar-refractivity contribution is -0.129. The van der Waals surface area contributed by atoms with E-state index in [4.69, 9.17) is 24.2 Å². The Hall–Kier alpha value is -4.32. The van der Waals surface area contributed by atoms with Crippen molar-refractivity contribution in [2.75, 3.05) is 35.0 Å². The van der Waals surface area contributed by atoms with Gasteiger partial charge in [0.1, 0.15) is 5.75 Å². The van der Waals surface area contributed by atoms with Crippen molar-refractivity contribution in [3.05, 3.63) is 42.2 Å². The number of carbonyl (C=O) groups excluding carboxylic acids is 2. The normalized spacial score (nSPS) is 10.5. The van der Waals surface area contributed by atoms with E-state index in [1.165, 1.54) is 26.0 Å². The van der Waals surface area contributed by atoms with Gasteiger partial charge in [-0.25, -0.2) is 15.1 Å². The van der Waals surface area contributed by atoms with Crippen molar-refractivity contribution >= 4 is 11.8 Å². The van der Waals surface area contributed by atoms with Crippen LogP contribution in [0.1, 0.15) is 29.9 Å². The molecule has 192 valence electrons. The van der Waals surface area contributed by atoms with Gasteiger partial charge in [-0.1, -0.05) is 6.07 Å². The first-order valence-corrected chi connectivity index (χ1v) is 11.1. The van der Waals surface area contributed by atoms with Crippen molar-refractivity contribution in [2.24, 2.45) is 0 Å². The molecule has 0 saturated carbocycles. The number of benzene rings is 2. The third kappa shape index (κ3) is 6.02. The van der Waals surface area contributed by atoms with Gasteiger partial charge < -0.3 is 24.3 Å². The number of nitrogens with zero attached hydrogens (tertiary/aromatic N) is 3. The Labute approximate surface area is 208 Å². The predicted molar refractivity (Wildman–Crippen MR) is 129 cm³/mol. The summed E-state index contributed by atoms with van der Waals surface area (Å²) in [7, 11) is 6.09. The van der Waals surface area contributed by atoms with Crippen molar-refractivity contribution in [2.45, 2.75) is 19.3 Å². The van der Waals surface area contributed by atoms with Crippen LogP contribution in [0.25, 0.3) is 17.1 Å². The number of unbranched alkanes of at least 4 members (excludes halogenated alkanes) is 1. The number of hydrogen-bond donors (Lipinski definition) is 3. The summed E-state index contributed by atoms with van der Waals surface area (Å²) >= 11 is 0. The highest BCUT2D eigenvalue weighted by atomic mass is 16.5. The zero-order chi connectivity index (χ0) is 26.1. The molecule has 3 aromatic rings. The largest absolute Gasteiger partial charge is 0.497 e. The predicted octanol–water partition coefficient (Wildman–Crippen LogP) is 2.37. The van der Waals surface area contributed by atoms with Crippen LogP contribution in [0.4, 0.5) is 0 Å². The summed E-state index contributed by atoms with van der Waals surface area (Å²) in [5.41, 5.74) is 2.78. The van der Waals surface area contributed by atoms with Crippen molar-refractivity contribution < 1.29 is 33.7 Å². The van der Waals surface area contributed by atoms with E-state index in [1.54, 1.807) is 42.9 Å². The van der Waals surface area contributed by atoms with Crippen LogP contribution in [-0.2, 0) is 4.79 Å². The summed E-state index contributed by atoms with van der Waals surface area (Å²) in [5, 5.41) is 15.8. The molecule has 0 spiro atoms. The van der Waals surface area contributed by atoms with Crippen LogP contribution in [0.3, 0.4) is 0 Å². The summed E-state index contributed by atoms with van der Waals surface area (Å²) in [4.78, 5) is 28.5. The fraction of sp³-hybridized carbons (Fsp3) is 0.333. The SMILES string of the molecule is COc1cccc(-n2nc(C(=O)NCCCCC(=O)NO)nc2-c2cc(OC)c(OC)c(OC)c2)c1. The molecule has 2 amide bonds. The Morgan fingerprint density at radius 2 is 1.69 bits per heavy atom. The van der Waals surface area contributed by atoms with Gasteiger partial charge in [0.2, 0.25) is 17.5 Å². The number of hydroxylamine groups is 1. The monoisotopic (exact) mass is 499 g/mol. The number of amides is 2. The molecular formula is C24H29N5O7. The van der Waals surface area contributed by atoms with E-state index in [0.29, 0.717) is 59.5 Å². The van der Waals surface area contributed by atoms with E-state index < -0.39 is 11.8 Å². The maximum Gasteiger partial charge on any atom is 0.290 e. The van der Waals surface area contributed by atoms with Gasteiger partial charge in [0.15, 0.2) is 17.3 Å². The Morgan fingerprint density at radius 3 is 2.31 bits per heavy atom. The second-order valence-corrected chi connectivity index (χ2v) is 7.53. The van der Waals surface area contributed by atoms with Crippen molar-refractivity contribution in [3.8, 4) is 40.1 Å². The van der Waals surface area contributed by atoms with Gasteiger partial charge in [-0.05, 0) is 37.1 Å². The molecule has 12 heteroatoms. The Kier molecular flexibility index (Phi) is 9.06. The molecule has 0 radical (unpaired) electrons. The number of rotatable bonds is 12.